The van der Waals surface area contributed by atoms with Gasteiger partial charge in [0.25, 0.3) is 0 Å². The summed E-state index contributed by atoms with van der Waals surface area (Å²) in [6, 6.07) is 7.82. The molecular formula is C64H80O16. The Morgan fingerprint density at radius 2 is 0.463 bits per heavy atom. The molecule has 0 saturated heterocycles. The predicted octanol–water partition coefficient (Wildman–Crippen LogP) is 15.7. The van der Waals surface area contributed by atoms with Crippen LogP contribution >= 0.6 is 0 Å². The standard InChI is InChI=1S/C64H80O16/c1-5-9-13-17-21-25-37-41-29-43-38(26-22-18-14-10-6-2)45-31-47-40(28-24-20-16-12-8-4)48-32-46-39(27-23-19-15-11-7-3)44-30-42(37)54-50(62(67)68)56(44)76-35-78-58(46)52(64(71)72)60(48)80-36-79-59(47)51(63(69)70)57(45)77-34-75-55(43)49(61(65)66)53(41)73-33-74-54/h29-32,37-40H,5-28,33-36H2,1-4H3,(H,65,66)(H,67,68)(H,69,70)(H,71,72). The Morgan fingerprint density at radius 3 is 0.613 bits per heavy atom. The van der Waals surface area contributed by atoms with Crippen LogP contribution in [0.1, 0.15) is 291 Å². The summed E-state index contributed by atoms with van der Waals surface area (Å²) in [6.45, 7) is 6.25. The van der Waals surface area contributed by atoms with Crippen LogP contribution in [0, 0.1) is 0 Å². The number of carboxylic acid groups (broad SMARTS) is 4. The van der Waals surface area contributed by atoms with E-state index in [1.807, 2.05) is 24.3 Å². The topological polar surface area (TPSA) is 223 Å². The molecule has 9 rings (SSSR count). The van der Waals surface area contributed by atoms with Crippen LogP contribution in [-0.4, -0.2) is 71.5 Å². The van der Waals surface area contributed by atoms with Gasteiger partial charge in [-0.2, -0.15) is 0 Å². The van der Waals surface area contributed by atoms with Crippen molar-refractivity contribution >= 4 is 23.9 Å². The highest BCUT2D eigenvalue weighted by atomic mass is 16.7. The molecule has 4 aromatic carbocycles. The van der Waals surface area contributed by atoms with Gasteiger partial charge >= 0.3 is 23.9 Å². The zero-order chi connectivity index (χ0) is 56.5. The fraction of sp³-hybridized carbons (Fsp3) is 0.562. The lowest BCUT2D eigenvalue weighted by Gasteiger charge is -2.36. The Morgan fingerprint density at radius 1 is 0.300 bits per heavy atom. The Balaban J connectivity index is 1.47. The summed E-state index contributed by atoms with van der Waals surface area (Å²) < 4.78 is 51.9. The molecule has 0 saturated carbocycles. The van der Waals surface area contributed by atoms with E-state index in [1.165, 1.54) is 0 Å². The summed E-state index contributed by atoms with van der Waals surface area (Å²) in [5, 5.41) is 46.2. The lowest BCUT2D eigenvalue weighted by atomic mass is 9.74. The van der Waals surface area contributed by atoms with Crippen molar-refractivity contribution in [1.29, 1.82) is 0 Å². The van der Waals surface area contributed by atoms with E-state index < -0.39 is 74.7 Å². The van der Waals surface area contributed by atoms with E-state index in [0.29, 0.717) is 95.9 Å². The van der Waals surface area contributed by atoms with Gasteiger partial charge in [0.15, 0.2) is 0 Å². The van der Waals surface area contributed by atoms with Crippen LogP contribution in [0.2, 0.25) is 0 Å². The number of carboxylic acids is 4. The highest BCUT2D eigenvalue weighted by Crippen LogP contribution is 2.58. The molecule has 0 unspecified atom stereocenters. The van der Waals surface area contributed by atoms with Crippen LogP contribution in [0.4, 0.5) is 0 Å². The molecule has 432 valence electrons. The highest BCUT2D eigenvalue weighted by molar-refractivity contribution is 6.00. The van der Waals surface area contributed by atoms with Crippen molar-refractivity contribution in [2.24, 2.45) is 0 Å². The Kier molecular flexibility index (Phi) is 19.2. The van der Waals surface area contributed by atoms with Crippen molar-refractivity contribution in [3.8, 4) is 46.0 Å². The van der Waals surface area contributed by atoms with Crippen molar-refractivity contribution < 1.29 is 77.5 Å². The van der Waals surface area contributed by atoms with Gasteiger partial charge in [0.1, 0.15) is 68.2 Å². The second kappa shape index (κ2) is 26.6. The number of hydrogen-bond acceptors (Lipinski definition) is 12. The molecule has 16 heteroatoms. The third-order valence-electron chi connectivity index (χ3n) is 17.0. The zero-order valence-electron chi connectivity index (χ0n) is 47.1. The van der Waals surface area contributed by atoms with Crippen LogP contribution in [0.15, 0.2) is 24.3 Å². The first-order valence-electron chi connectivity index (χ1n) is 29.7. The largest absolute Gasteiger partial charge is 0.477 e. The number of benzene rings is 4. The molecule has 80 heavy (non-hydrogen) atoms. The molecule has 4 heterocycles. The number of rotatable bonds is 28. The van der Waals surface area contributed by atoms with Crippen molar-refractivity contribution in [2.45, 2.75) is 205 Å². The first kappa shape index (κ1) is 57.8. The van der Waals surface area contributed by atoms with E-state index in [9.17, 15) is 39.6 Å². The van der Waals surface area contributed by atoms with Gasteiger partial charge in [0.2, 0.25) is 27.2 Å². The van der Waals surface area contributed by atoms with Crippen molar-refractivity contribution in [2.75, 3.05) is 27.2 Å². The Hall–Kier alpha value is -6.84. The van der Waals surface area contributed by atoms with Crippen LogP contribution in [0.3, 0.4) is 0 Å². The summed E-state index contributed by atoms with van der Waals surface area (Å²) in [6.07, 6.45) is 19.6. The normalized spacial score (nSPS) is 17.9. The smallest absolute Gasteiger partial charge is 0.343 e. The summed E-state index contributed by atoms with van der Waals surface area (Å²) in [5.41, 5.74) is 2.96. The molecule has 0 aromatic heterocycles. The average molecular weight is 1110 g/mol. The van der Waals surface area contributed by atoms with Crippen LogP contribution in [0.5, 0.6) is 46.0 Å². The maximum Gasteiger partial charge on any atom is 0.343 e. The average Bonchev–Trinajstić information content (AvgIpc) is 3.60. The summed E-state index contributed by atoms with van der Waals surface area (Å²) in [4.78, 5) is 56.7. The van der Waals surface area contributed by atoms with Gasteiger partial charge in [-0.1, -0.05) is 156 Å². The summed E-state index contributed by atoms with van der Waals surface area (Å²) in [7, 11) is 0. The Bertz CT molecular complexity index is 2410. The fourth-order valence-corrected chi connectivity index (χ4v) is 13.2. The van der Waals surface area contributed by atoms with E-state index in [0.717, 1.165) is 103 Å². The number of carbonyl (C=O) groups is 4. The fourth-order valence-electron chi connectivity index (χ4n) is 13.2. The second-order valence-electron chi connectivity index (χ2n) is 22.2. The molecule has 0 atom stereocenters. The van der Waals surface area contributed by atoms with E-state index >= 15 is 0 Å². The number of aromatic carboxylic acids is 4. The molecule has 0 amide bonds. The van der Waals surface area contributed by atoms with Crippen molar-refractivity contribution in [3.63, 3.8) is 0 Å². The molecule has 4 aromatic rings. The first-order chi connectivity index (χ1) is 38.9. The third kappa shape index (κ3) is 11.7. The van der Waals surface area contributed by atoms with Gasteiger partial charge in [-0.05, 0) is 49.9 Å². The maximum atomic E-state index is 14.2. The molecule has 5 aliphatic rings. The zero-order valence-corrected chi connectivity index (χ0v) is 47.1. The summed E-state index contributed by atoms with van der Waals surface area (Å²) >= 11 is 0. The highest BCUT2D eigenvalue weighted by Gasteiger charge is 2.44. The van der Waals surface area contributed by atoms with Crippen molar-refractivity contribution in [3.05, 3.63) is 91.0 Å². The molecule has 8 bridgehead atoms. The second-order valence-corrected chi connectivity index (χ2v) is 22.2. The van der Waals surface area contributed by atoms with E-state index in [-0.39, 0.29) is 68.2 Å². The molecule has 16 nitrogen and oxygen atoms in total. The molecule has 1 aliphatic carbocycles. The lowest BCUT2D eigenvalue weighted by Crippen LogP contribution is -2.27. The van der Waals surface area contributed by atoms with Gasteiger partial charge in [0, 0.05) is 68.2 Å². The number of ether oxygens (including phenoxy) is 8. The van der Waals surface area contributed by atoms with Gasteiger partial charge < -0.3 is 58.3 Å². The summed E-state index contributed by atoms with van der Waals surface area (Å²) in [5.74, 6) is -8.13. The minimum atomic E-state index is -1.33. The minimum absolute atomic E-state index is 0.0133. The molecule has 0 spiro atoms. The molecular weight excluding hydrogens is 1020 g/mol. The quantitative estimate of drug-likeness (QED) is 0.0388. The van der Waals surface area contributed by atoms with Gasteiger partial charge in [-0.25, -0.2) is 19.2 Å². The lowest BCUT2D eigenvalue weighted by molar-refractivity contribution is 0.0648. The van der Waals surface area contributed by atoms with Gasteiger partial charge in [0.05, 0.1) is 0 Å². The monoisotopic (exact) mass is 1100 g/mol. The van der Waals surface area contributed by atoms with Gasteiger partial charge in [-0.3, -0.25) is 0 Å². The SMILES string of the molecule is CCCCCCCC1c2cc3c4c(C(=O)O)c2OCOc2c1cc1c(c2C(=O)O)OCOc2c(cc5c(c2C(=O)O)OCOc2c(cc(c(c2C(=O)O)OCO4)C3CCCCCCC)C5CCCCCCC)C1CCCCCCC. The minimum Gasteiger partial charge on any atom is -0.477 e. The first-order valence-corrected chi connectivity index (χ1v) is 29.7. The van der Waals surface area contributed by atoms with Crippen LogP contribution in [0.25, 0.3) is 0 Å². The van der Waals surface area contributed by atoms with E-state index in [1.54, 1.807) is 0 Å². The molecule has 0 fully saturated rings. The molecule has 0 radical (unpaired) electrons. The molecule has 4 aliphatic heterocycles. The third-order valence-corrected chi connectivity index (χ3v) is 17.0. The van der Waals surface area contributed by atoms with Crippen molar-refractivity contribution in [1.82, 2.24) is 0 Å². The van der Waals surface area contributed by atoms with E-state index in [4.69, 9.17) is 37.9 Å². The van der Waals surface area contributed by atoms with Gasteiger partial charge in [-0.15, -0.1) is 0 Å². The van der Waals surface area contributed by atoms with Crippen LogP contribution in [-0.2, 0) is 0 Å². The van der Waals surface area contributed by atoms with Crippen LogP contribution < -0.4 is 37.9 Å². The maximum absolute atomic E-state index is 14.2. The predicted molar refractivity (Wildman–Crippen MR) is 299 cm³/mol. The van der Waals surface area contributed by atoms with E-state index in [2.05, 4.69) is 27.7 Å². The number of hydrogen-bond donors (Lipinski definition) is 4. The molecule has 4 N–H and O–H groups in total. The Labute approximate surface area is 469 Å². The number of unbranched alkanes of at least 4 members (excludes halogenated alkanes) is 16.